The summed E-state index contributed by atoms with van der Waals surface area (Å²) >= 11 is 0. The molecule has 5 nitrogen and oxygen atoms in total. The fraction of sp³-hybridized carbons (Fsp3) is 0.167. The molecule has 36 heavy (non-hydrogen) atoms. The summed E-state index contributed by atoms with van der Waals surface area (Å²) in [6.45, 7) is 0.993. The van der Waals surface area contributed by atoms with Gasteiger partial charge in [-0.05, 0) is 59.2 Å². The summed E-state index contributed by atoms with van der Waals surface area (Å²) in [6.07, 6.45) is 3.92. The first-order valence-corrected chi connectivity index (χ1v) is 11.9. The summed E-state index contributed by atoms with van der Waals surface area (Å²) in [5.74, 6) is 0.852. The van der Waals surface area contributed by atoms with Crippen LogP contribution in [0.3, 0.4) is 0 Å². The highest BCUT2D eigenvalue weighted by molar-refractivity contribution is 5.86. The molecule has 2 heterocycles. The average molecular weight is 483 g/mol. The van der Waals surface area contributed by atoms with Gasteiger partial charge in [0.05, 0.1) is 19.9 Å². The quantitative estimate of drug-likeness (QED) is 0.269. The third kappa shape index (κ3) is 5.18. The van der Waals surface area contributed by atoms with Crippen molar-refractivity contribution in [1.82, 2.24) is 9.88 Å². The summed E-state index contributed by atoms with van der Waals surface area (Å²) < 4.78 is 26.6. The number of rotatable bonds is 9. The number of benzene rings is 3. The van der Waals surface area contributed by atoms with E-state index in [9.17, 15) is 9.18 Å². The fourth-order valence-electron chi connectivity index (χ4n) is 4.57. The summed E-state index contributed by atoms with van der Waals surface area (Å²) in [6, 6.07) is 26.2. The first-order valence-electron chi connectivity index (χ1n) is 11.9. The first kappa shape index (κ1) is 23.4. The molecule has 5 rings (SSSR count). The van der Waals surface area contributed by atoms with Gasteiger partial charge in [0, 0.05) is 36.0 Å². The Hall–Kier alpha value is -4.32. The van der Waals surface area contributed by atoms with Gasteiger partial charge in [-0.25, -0.2) is 4.39 Å². The van der Waals surface area contributed by atoms with E-state index in [0.717, 1.165) is 33.3 Å². The normalized spacial score (nSPS) is 11.9. The van der Waals surface area contributed by atoms with Crippen molar-refractivity contribution in [3.05, 3.63) is 126 Å². The van der Waals surface area contributed by atoms with Crippen LogP contribution in [0.25, 0.3) is 10.9 Å². The zero-order chi connectivity index (χ0) is 24.9. The molecule has 6 heteroatoms. The van der Waals surface area contributed by atoms with Crippen molar-refractivity contribution < 1.29 is 18.3 Å². The number of para-hydroxylation sites is 1. The maximum absolute atomic E-state index is 13.7. The van der Waals surface area contributed by atoms with Gasteiger partial charge in [0.1, 0.15) is 17.3 Å². The van der Waals surface area contributed by atoms with E-state index in [-0.39, 0.29) is 24.1 Å². The number of aromatic nitrogens is 1. The molecular formula is C30H27FN2O3. The lowest BCUT2D eigenvalue weighted by Crippen LogP contribution is -2.24. The number of amides is 1. The molecule has 1 amide bonds. The second kappa shape index (κ2) is 10.5. The standard InChI is InChI=1S/C30H27FN2O3/c1-35-24-14-8-21(9-15-24)19-33-20-28(26-6-2-3-7-29(26)33)27(22-10-12-23(31)13-11-22)17-30(34)32-18-25-5-4-16-36-25/h2-16,20,27H,17-19H2,1H3,(H,32,34)/t27-/m1/s1. The monoisotopic (exact) mass is 482 g/mol. The van der Waals surface area contributed by atoms with Gasteiger partial charge in [0.25, 0.3) is 0 Å². The van der Waals surface area contributed by atoms with Crippen molar-refractivity contribution in [1.29, 1.82) is 0 Å². The number of fused-ring (bicyclic) bond motifs is 1. The van der Waals surface area contributed by atoms with Crippen LogP contribution >= 0.6 is 0 Å². The number of nitrogens with zero attached hydrogens (tertiary/aromatic N) is 1. The van der Waals surface area contributed by atoms with Gasteiger partial charge in [0.2, 0.25) is 5.91 Å². The number of nitrogens with one attached hydrogen (secondary N) is 1. The minimum absolute atomic E-state index is 0.104. The molecule has 182 valence electrons. The van der Waals surface area contributed by atoms with Crippen LogP contribution in [-0.4, -0.2) is 17.6 Å². The molecule has 0 bridgehead atoms. The highest BCUT2D eigenvalue weighted by Gasteiger charge is 2.23. The summed E-state index contributed by atoms with van der Waals surface area (Å²) in [5, 5.41) is 4.02. The lowest BCUT2D eigenvalue weighted by Gasteiger charge is -2.17. The van der Waals surface area contributed by atoms with E-state index in [1.54, 1.807) is 31.6 Å². The predicted molar refractivity (Wildman–Crippen MR) is 137 cm³/mol. The van der Waals surface area contributed by atoms with E-state index in [1.165, 1.54) is 12.1 Å². The molecule has 0 fully saturated rings. The molecule has 0 unspecified atom stereocenters. The third-order valence-corrected chi connectivity index (χ3v) is 6.41. The van der Waals surface area contributed by atoms with Gasteiger partial charge in [-0.3, -0.25) is 4.79 Å². The molecule has 1 atom stereocenters. The topological polar surface area (TPSA) is 56.4 Å². The number of furan rings is 1. The molecule has 0 spiro atoms. The molecule has 3 aromatic carbocycles. The van der Waals surface area contributed by atoms with Crippen LogP contribution in [0.4, 0.5) is 4.39 Å². The molecule has 5 aromatic rings. The number of hydrogen-bond donors (Lipinski definition) is 1. The average Bonchev–Trinajstić information content (AvgIpc) is 3.56. The van der Waals surface area contributed by atoms with Crippen molar-refractivity contribution in [2.45, 2.75) is 25.4 Å². The van der Waals surface area contributed by atoms with Gasteiger partial charge >= 0.3 is 0 Å². The minimum Gasteiger partial charge on any atom is -0.497 e. The van der Waals surface area contributed by atoms with Gasteiger partial charge in [-0.1, -0.05) is 42.5 Å². The Kier molecular flexibility index (Phi) is 6.85. The van der Waals surface area contributed by atoms with E-state index < -0.39 is 0 Å². The minimum atomic E-state index is -0.304. The Morgan fingerprint density at radius 2 is 1.78 bits per heavy atom. The smallest absolute Gasteiger partial charge is 0.221 e. The first-order chi connectivity index (χ1) is 17.6. The zero-order valence-corrected chi connectivity index (χ0v) is 20.0. The number of carbonyl (C=O) groups is 1. The second-order valence-corrected chi connectivity index (χ2v) is 8.74. The number of carbonyl (C=O) groups excluding carboxylic acids is 1. The fourth-order valence-corrected chi connectivity index (χ4v) is 4.57. The maximum Gasteiger partial charge on any atom is 0.221 e. The molecule has 0 saturated carbocycles. The van der Waals surface area contributed by atoms with Crippen LogP contribution in [0.5, 0.6) is 5.75 Å². The van der Waals surface area contributed by atoms with Crippen molar-refractivity contribution in [3.63, 3.8) is 0 Å². The van der Waals surface area contributed by atoms with E-state index in [2.05, 4.69) is 28.2 Å². The predicted octanol–water partition coefficient (Wildman–Crippen LogP) is 6.27. The summed E-state index contributed by atoms with van der Waals surface area (Å²) in [7, 11) is 1.65. The van der Waals surface area contributed by atoms with Gasteiger partial charge < -0.3 is 19.0 Å². The second-order valence-electron chi connectivity index (χ2n) is 8.74. The van der Waals surface area contributed by atoms with E-state index in [1.807, 2.05) is 42.5 Å². The van der Waals surface area contributed by atoms with Crippen molar-refractivity contribution in [2.75, 3.05) is 7.11 Å². The number of methoxy groups -OCH3 is 1. The number of halogens is 1. The lowest BCUT2D eigenvalue weighted by molar-refractivity contribution is -0.121. The largest absolute Gasteiger partial charge is 0.497 e. The SMILES string of the molecule is COc1ccc(Cn2cc([C@H](CC(=O)NCc3ccco3)c3ccc(F)cc3)c3ccccc32)cc1. The van der Waals surface area contributed by atoms with E-state index >= 15 is 0 Å². The highest BCUT2D eigenvalue weighted by Crippen LogP contribution is 2.35. The molecule has 1 N–H and O–H groups in total. The van der Waals surface area contributed by atoms with Crippen LogP contribution in [0.2, 0.25) is 0 Å². The maximum atomic E-state index is 13.7. The van der Waals surface area contributed by atoms with Gasteiger partial charge in [-0.2, -0.15) is 0 Å². The molecular weight excluding hydrogens is 455 g/mol. The van der Waals surface area contributed by atoms with Crippen molar-refractivity contribution >= 4 is 16.8 Å². The van der Waals surface area contributed by atoms with E-state index in [4.69, 9.17) is 9.15 Å². The van der Waals surface area contributed by atoms with Gasteiger partial charge in [0.15, 0.2) is 0 Å². The lowest BCUT2D eigenvalue weighted by atomic mass is 9.88. The molecule has 0 aliphatic rings. The Morgan fingerprint density at radius 1 is 1.00 bits per heavy atom. The Labute approximate surface area is 209 Å². The van der Waals surface area contributed by atoms with Crippen LogP contribution in [0.15, 0.2) is 102 Å². The zero-order valence-electron chi connectivity index (χ0n) is 20.0. The highest BCUT2D eigenvalue weighted by atomic mass is 19.1. The number of ether oxygens (including phenoxy) is 1. The molecule has 2 aromatic heterocycles. The molecule has 0 aliphatic carbocycles. The summed E-state index contributed by atoms with van der Waals surface area (Å²) in [4.78, 5) is 13.0. The van der Waals surface area contributed by atoms with Crippen LogP contribution in [0.1, 0.15) is 34.8 Å². The molecule has 0 radical (unpaired) electrons. The van der Waals surface area contributed by atoms with Crippen molar-refractivity contribution in [3.8, 4) is 5.75 Å². The Balaban J connectivity index is 1.49. The van der Waals surface area contributed by atoms with Gasteiger partial charge in [-0.15, -0.1) is 0 Å². The van der Waals surface area contributed by atoms with Crippen LogP contribution in [-0.2, 0) is 17.9 Å². The van der Waals surface area contributed by atoms with Crippen molar-refractivity contribution in [2.24, 2.45) is 0 Å². The van der Waals surface area contributed by atoms with Crippen LogP contribution < -0.4 is 10.1 Å². The third-order valence-electron chi connectivity index (χ3n) is 6.41. The Morgan fingerprint density at radius 3 is 2.50 bits per heavy atom. The summed E-state index contributed by atoms with van der Waals surface area (Å²) in [5.41, 5.74) is 4.12. The van der Waals surface area contributed by atoms with E-state index in [0.29, 0.717) is 18.8 Å². The number of hydrogen-bond acceptors (Lipinski definition) is 3. The van der Waals surface area contributed by atoms with Crippen LogP contribution in [0, 0.1) is 5.82 Å². The molecule has 0 aliphatic heterocycles. The molecule has 0 saturated heterocycles. The Bertz CT molecular complexity index is 1440.